The maximum atomic E-state index is 10.8. The van der Waals surface area contributed by atoms with E-state index in [9.17, 15) is 9.59 Å². The monoisotopic (exact) mass is 176 g/mol. The summed E-state index contributed by atoms with van der Waals surface area (Å²) in [5, 5.41) is 1.06. The highest BCUT2D eigenvalue weighted by atomic mass is 32.2. The lowest BCUT2D eigenvalue weighted by molar-refractivity contribution is -0.129. The van der Waals surface area contributed by atoms with E-state index >= 15 is 0 Å². The van der Waals surface area contributed by atoms with Crippen LogP contribution in [0, 0.1) is 0 Å². The standard InChI is InChI=1S/C4H4N2O2S2/c7-2-5-6-3(8)1-10-4(6)9/h2H,1H2,(H,5,7). The van der Waals surface area contributed by atoms with E-state index in [2.05, 4.69) is 5.43 Å². The zero-order valence-electron chi connectivity index (χ0n) is 4.86. The molecular formula is C4H4N2O2S2. The van der Waals surface area contributed by atoms with E-state index in [1.165, 1.54) is 11.8 Å². The fourth-order valence-corrected chi connectivity index (χ4v) is 1.52. The molecule has 0 aliphatic carbocycles. The van der Waals surface area contributed by atoms with Crippen LogP contribution < -0.4 is 5.43 Å². The molecule has 1 N–H and O–H groups in total. The normalized spacial score (nSPS) is 17.8. The predicted octanol–water partition coefficient (Wildman–Crippen LogP) is -0.492. The molecule has 0 unspecified atom stereocenters. The van der Waals surface area contributed by atoms with E-state index in [-0.39, 0.29) is 5.91 Å². The van der Waals surface area contributed by atoms with Gasteiger partial charge in [-0.2, -0.15) is 0 Å². The van der Waals surface area contributed by atoms with Crippen molar-refractivity contribution in [2.75, 3.05) is 5.75 Å². The molecule has 0 aromatic carbocycles. The van der Waals surface area contributed by atoms with Gasteiger partial charge in [-0.25, -0.2) is 5.01 Å². The van der Waals surface area contributed by atoms with Gasteiger partial charge in [0.15, 0.2) is 4.32 Å². The van der Waals surface area contributed by atoms with Gasteiger partial charge >= 0.3 is 0 Å². The van der Waals surface area contributed by atoms with E-state index in [0.717, 1.165) is 5.01 Å². The van der Waals surface area contributed by atoms with Crippen molar-refractivity contribution in [2.24, 2.45) is 0 Å². The van der Waals surface area contributed by atoms with Crippen molar-refractivity contribution < 1.29 is 9.59 Å². The van der Waals surface area contributed by atoms with E-state index in [4.69, 9.17) is 12.2 Å². The molecule has 1 fully saturated rings. The third-order valence-corrected chi connectivity index (χ3v) is 2.29. The summed E-state index contributed by atoms with van der Waals surface area (Å²) in [5.41, 5.74) is 2.19. The lowest BCUT2D eigenvalue weighted by Gasteiger charge is -2.10. The lowest BCUT2D eigenvalue weighted by Crippen LogP contribution is -2.40. The van der Waals surface area contributed by atoms with Crippen molar-refractivity contribution in [2.45, 2.75) is 0 Å². The minimum atomic E-state index is -0.179. The van der Waals surface area contributed by atoms with Crippen molar-refractivity contribution >= 4 is 40.6 Å². The summed E-state index contributed by atoms with van der Waals surface area (Å²) >= 11 is 5.97. The van der Waals surface area contributed by atoms with Crippen molar-refractivity contribution in [1.29, 1.82) is 0 Å². The van der Waals surface area contributed by atoms with Crippen LogP contribution in [-0.4, -0.2) is 27.4 Å². The van der Waals surface area contributed by atoms with Gasteiger partial charge < -0.3 is 0 Å². The van der Waals surface area contributed by atoms with Crippen molar-refractivity contribution in [3.63, 3.8) is 0 Å². The van der Waals surface area contributed by atoms with Gasteiger partial charge in [-0.3, -0.25) is 15.0 Å². The summed E-state index contributed by atoms with van der Waals surface area (Å²) in [6.07, 6.45) is 0.427. The zero-order chi connectivity index (χ0) is 7.56. The fourth-order valence-electron chi connectivity index (χ4n) is 0.532. The Bertz CT molecular complexity index is 178. The molecule has 1 rings (SSSR count). The molecule has 0 spiro atoms. The van der Waals surface area contributed by atoms with Crippen LogP contribution in [0.25, 0.3) is 0 Å². The number of thiocarbonyl (C=S) groups is 1. The fraction of sp³-hybridized carbons (Fsp3) is 0.250. The lowest BCUT2D eigenvalue weighted by atomic mass is 10.7. The van der Waals surface area contributed by atoms with E-state index in [1.807, 2.05) is 0 Å². The van der Waals surface area contributed by atoms with Gasteiger partial charge in [-0.15, -0.1) is 0 Å². The highest BCUT2D eigenvalue weighted by Gasteiger charge is 2.25. The number of hydrogen-bond acceptors (Lipinski definition) is 4. The van der Waals surface area contributed by atoms with Gasteiger partial charge in [0.2, 0.25) is 6.41 Å². The number of nitrogens with zero attached hydrogens (tertiary/aromatic N) is 1. The summed E-state index contributed by atoms with van der Waals surface area (Å²) in [5.74, 6) is 0.141. The third-order valence-electron chi connectivity index (χ3n) is 0.933. The van der Waals surface area contributed by atoms with Gasteiger partial charge in [0.1, 0.15) is 0 Å². The maximum absolute atomic E-state index is 10.8. The Morgan fingerprint density at radius 3 is 2.90 bits per heavy atom. The van der Waals surface area contributed by atoms with Crippen molar-refractivity contribution in [3.05, 3.63) is 0 Å². The molecule has 1 aliphatic heterocycles. The number of rotatable bonds is 2. The third kappa shape index (κ3) is 1.27. The Hall–Kier alpha value is -0.620. The molecule has 4 nitrogen and oxygen atoms in total. The summed E-state index contributed by atoms with van der Waals surface area (Å²) in [6, 6.07) is 0. The number of thioether (sulfide) groups is 1. The van der Waals surface area contributed by atoms with E-state index in [1.54, 1.807) is 0 Å². The van der Waals surface area contributed by atoms with Crippen LogP contribution in [0.1, 0.15) is 0 Å². The summed E-state index contributed by atoms with van der Waals surface area (Å²) in [6.45, 7) is 0. The van der Waals surface area contributed by atoms with Gasteiger partial charge in [-0.05, 0) is 0 Å². The average Bonchev–Trinajstić information content (AvgIpc) is 2.20. The Kier molecular flexibility index (Phi) is 2.23. The molecule has 1 aliphatic rings. The predicted molar refractivity (Wildman–Crippen MR) is 41.1 cm³/mol. The first-order valence-corrected chi connectivity index (χ1v) is 3.84. The highest BCUT2D eigenvalue weighted by Crippen LogP contribution is 2.16. The topological polar surface area (TPSA) is 49.4 Å². The first-order chi connectivity index (χ1) is 4.75. The van der Waals surface area contributed by atoms with Crippen molar-refractivity contribution in [3.8, 4) is 0 Å². The molecule has 1 saturated heterocycles. The number of hydrazine groups is 1. The van der Waals surface area contributed by atoms with E-state index < -0.39 is 0 Å². The Morgan fingerprint density at radius 1 is 1.80 bits per heavy atom. The maximum Gasteiger partial charge on any atom is 0.257 e. The number of nitrogens with one attached hydrogen (secondary N) is 1. The van der Waals surface area contributed by atoms with Gasteiger partial charge in [-0.1, -0.05) is 24.0 Å². The Labute approximate surface area is 66.9 Å². The second kappa shape index (κ2) is 2.98. The molecule has 2 amide bonds. The van der Waals surface area contributed by atoms with Crippen LogP contribution in [-0.2, 0) is 9.59 Å². The summed E-state index contributed by atoms with van der Waals surface area (Å²) < 4.78 is 0.400. The molecule has 0 radical (unpaired) electrons. The molecule has 0 atom stereocenters. The second-order valence-corrected chi connectivity index (χ2v) is 3.14. The summed E-state index contributed by atoms with van der Waals surface area (Å²) in [7, 11) is 0. The smallest absolute Gasteiger partial charge is 0.257 e. The minimum Gasteiger partial charge on any atom is -0.277 e. The first-order valence-electron chi connectivity index (χ1n) is 2.45. The summed E-state index contributed by atoms with van der Waals surface area (Å²) in [4.78, 5) is 20.6. The van der Waals surface area contributed by atoms with Gasteiger partial charge in [0.05, 0.1) is 5.75 Å². The quantitative estimate of drug-likeness (QED) is 0.455. The molecule has 0 aromatic rings. The van der Waals surface area contributed by atoms with Crippen LogP contribution >= 0.6 is 24.0 Å². The SMILES string of the molecule is O=CNN1C(=O)CSC1=S. The molecule has 0 saturated carbocycles. The zero-order valence-corrected chi connectivity index (χ0v) is 6.50. The molecule has 0 bridgehead atoms. The van der Waals surface area contributed by atoms with Crippen LogP contribution in [0.3, 0.4) is 0 Å². The molecular weight excluding hydrogens is 172 g/mol. The molecule has 54 valence electrons. The number of amides is 2. The number of carbonyl (C=O) groups is 2. The largest absolute Gasteiger partial charge is 0.277 e. The number of carbonyl (C=O) groups excluding carboxylic acids is 2. The van der Waals surface area contributed by atoms with E-state index in [0.29, 0.717) is 16.5 Å². The molecule has 10 heavy (non-hydrogen) atoms. The van der Waals surface area contributed by atoms with Crippen LogP contribution in [0.2, 0.25) is 0 Å². The van der Waals surface area contributed by atoms with Gasteiger partial charge in [0, 0.05) is 0 Å². The number of hydrogen-bond donors (Lipinski definition) is 1. The second-order valence-electron chi connectivity index (χ2n) is 1.53. The van der Waals surface area contributed by atoms with Crippen LogP contribution in [0.5, 0.6) is 0 Å². The minimum absolute atomic E-state index is 0.179. The molecule has 1 heterocycles. The van der Waals surface area contributed by atoms with Crippen molar-refractivity contribution in [1.82, 2.24) is 10.4 Å². The Balaban J connectivity index is 2.62. The molecule has 0 aromatic heterocycles. The Morgan fingerprint density at radius 2 is 2.50 bits per heavy atom. The van der Waals surface area contributed by atoms with Crippen LogP contribution in [0.15, 0.2) is 0 Å². The first kappa shape index (κ1) is 7.49. The highest BCUT2D eigenvalue weighted by molar-refractivity contribution is 8.23. The molecule has 6 heteroatoms. The average molecular weight is 176 g/mol. The van der Waals surface area contributed by atoms with Crippen LogP contribution in [0.4, 0.5) is 0 Å². The van der Waals surface area contributed by atoms with Gasteiger partial charge in [0.25, 0.3) is 5.91 Å².